The van der Waals surface area contributed by atoms with E-state index >= 15 is 0 Å². The highest BCUT2D eigenvalue weighted by Gasteiger charge is 2.36. The normalized spacial score (nSPS) is 38.0. The Kier molecular flexibility index (Phi) is 2.94. The summed E-state index contributed by atoms with van der Waals surface area (Å²) in [5.74, 6) is 0.966. The molecular formula is C15H22O2. The zero-order valence-electron chi connectivity index (χ0n) is 11.2. The molecule has 1 saturated heterocycles. The van der Waals surface area contributed by atoms with Gasteiger partial charge in [-0.3, -0.25) is 0 Å². The van der Waals surface area contributed by atoms with Crippen LogP contribution in [-0.2, 0) is 9.47 Å². The van der Waals surface area contributed by atoms with Gasteiger partial charge in [0.05, 0.1) is 11.7 Å². The summed E-state index contributed by atoms with van der Waals surface area (Å²) in [7, 11) is 0. The van der Waals surface area contributed by atoms with Gasteiger partial charge in [-0.15, -0.1) is 6.58 Å². The number of hydrogen-bond acceptors (Lipinski definition) is 2. The van der Waals surface area contributed by atoms with Crippen LogP contribution in [0.1, 0.15) is 40.5 Å². The number of rotatable bonds is 2. The molecule has 2 nitrogen and oxygen atoms in total. The van der Waals surface area contributed by atoms with E-state index in [-0.39, 0.29) is 17.3 Å². The minimum Gasteiger partial charge on any atom is -0.484 e. The van der Waals surface area contributed by atoms with Gasteiger partial charge >= 0.3 is 0 Å². The first kappa shape index (κ1) is 12.4. The summed E-state index contributed by atoms with van der Waals surface area (Å²) in [5.41, 5.74) is 0.832. The van der Waals surface area contributed by atoms with Gasteiger partial charge < -0.3 is 9.47 Å². The first-order chi connectivity index (χ1) is 7.85. The summed E-state index contributed by atoms with van der Waals surface area (Å²) in [6, 6.07) is 0. The highest BCUT2D eigenvalue weighted by molar-refractivity contribution is 5.30. The molecule has 0 aromatic rings. The van der Waals surface area contributed by atoms with Gasteiger partial charge in [0, 0.05) is 0 Å². The monoisotopic (exact) mass is 234 g/mol. The van der Waals surface area contributed by atoms with Crippen molar-refractivity contribution in [2.24, 2.45) is 0 Å². The van der Waals surface area contributed by atoms with Gasteiger partial charge in [0.1, 0.15) is 11.4 Å². The van der Waals surface area contributed by atoms with E-state index in [4.69, 9.17) is 9.47 Å². The van der Waals surface area contributed by atoms with Crippen molar-refractivity contribution in [1.82, 2.24) is 0 Å². The molecule has 2 aliphatic heterocycles. The zero-order valence-corrected chi connectivity index (χ0v) is 11.2. The van der Waals surface area contributed by atoms with Crippen LogP contribution in [0.2, 0.25) is 0 Å². The lowest BCUT2D eigenvalue weighted by atomic mass is 10.0. The average molecular weight is 234 g/mol. The maximum absolute atomic E-state index is 6.05. The Labute approximate surface area is 104 Å². The molecule has 1 fully saturated rings. The van der Waals surface area contributed by atoms with E-state index in [2.05, 4.69) is 46.4 Å². The second kappa shape index (κ2) is 4.02. The van der Waals surface area contributed by atoms with Crippen molar-refractivity contribution in [3.63, 3.8) is 0 Å². The van der Waals surface area contributed by atoms with Crippen molar-refractivity contribution >= 4 is 0 Å². The van der Waals surface area contributed by atoms with Crippen molar-refractivity contribution in [3.05, 3.63) is 36.1 Å². The second-order valence-electron chi connectivity index (χ2n) is 5.75. The summed E-state index contributed by atoms with van der Waals surface area (Å²) in [5, 5.41) is 0. The van der Waals surface area contributed by atoms with Crippen LogP contribution >= 0.6 is 0 Å². The average Bonchev–Trinajstić information content (AvgIpc) is 2.82. The molecule has 0 aliphatic carbocycles. The second-order valence-corrected chi connectivity index (χ2v) is 5.75. The third kappa shape index (κ3) is 2.47. The molecule has 0 aromatic heterocycles. The number of allylic oxidation sites excluding steroid dienone is 1. The van der Waals surface area contributed by atoms with Crippen LogP contribution in [0.3, 0.4) is 0 Å². The minimum atomic E-state index is -0.184. The summed E-state index contributed by atoms with van der Waals surface area (Å²) < 4.78 is 11.9. The molecule has 0 aromatic carbocycles. The third-order valence-corrected chi connectivity index (χ3v) is 3.63. The molecule has 0 bridgehead atoms. The highest BCUT2D eigenvalue weighted by atomic mass is 16.5. The predicted molar refractivity (Wildman–Crippen MR) is 69.7 cm³/mol. The fourth-order valence-electron chi connectivity index (χ4n) is 2.31. The van der Waals surface area contributed by atoms with Crippen molar-refractivity contribution in [2.45, 2.75) is 57.8 Å². The first-order valence-corrected chi connectivity index (χ1v) is 6.26. The molecule has 0 radical (unpaired) electrons. The topological polar surface area (TPSA) is 18.5 Å². The van der Waals surface area contributed by atoms with Crippen LogP contribution in [0, 0.1) is 0 Å². The van der Waals surface area contributed by atoms with Gasteiger partial charge in [0.2, 0.25) is 0 Å². The van der Waals surface area contributed by atoms with Crippen LogP contribution < -0.4 is 0 Å². The van der Waals surface area contributed by atoms with Crippen LogP contribution in [0.25, 0.3) is 0 Å². The van der Waals surface area contributed by atoms with Gasteiger partial charge in [0.15, 0.2) is 0 Å². The maximum Gasteiger partial charge on any atom is 0.122 e. The standard InChI is InChI=1S/C15H22O2/c1-6-15(5)10-8-13(17-15)11(2)12-7-9-14(3,4)16-12/h6-7,9,13H,1,8,10H2,2-5H3/b12-11-/t13-,15+/m0/s1. The Balaban J connectivity index is 2.13. The van der Waals surface area contributed by atoms with Crippen molar-refractivity contribution in [3.8, 4) is 0 Å². The maximum atomic E-state index is 6.05. The molecule has 94 valence electrons. The van der Waals surface area contributed by atoms with Crippen LogP contribution in [0.5, 0.6) is 0 Å². The third-order valence-electron chi connectivity index (χ3n) is 3.63. The lowest BCUT2D eigenvalue weighted by Crippen LogP contribution is -2.23. The molecule has 2 aliphatic rings. The van der Waals surface area contributed by atoms with Gasteiger partial charge in [-0.1, -0.05) is 6.08 Å². The van der Waals surface area contributed by atoms with E-state index in [0.717, 1.165) is 18.6 Å². The first-order valence-electron chi connectivity index (χ1n) is 6.26. The summed E-state index contributed by atoms with van der Waals surface area (Å²) in [6.45, 7) is 12.2. The lowest BCUT2D eigenvalue weighted by molar-refractivity contribution is 0.0176. The molecule has 2 heterocycles. The molecule has 2 atom stereocenters. The molecular weight excluding hydrogens is 212 g/mol. The van der Waals surface area contributed by atoms with Crippen molar-refractivity contribution < 1.29 is 9.47 Å². The predicted octanol–water partition coefficient (Wildman–Crippen LogP) is 3.75. The lowest BCUT2D eigenvalue weighted by Gasteiger charge is -2.23. The molecule has 2 heteroatoms. The molecule has 0 N–H and O–H groups in total. The molecule has 0 spiro atoms. The fraction of sp³-hybridized carbons (Fsp3) is 0.600. The number of ether oxygens (including phenoxy) is 2. The highest BCUT2D eigenvalue weighted by Crippen LogP contribution is 2.37. The van der Waals surface area contributed by atoms with Crippen LogP contribution in [0.15, 0.2) is 36.1 Å². The molecule has 0 unspecified atom stereocenters. The Hall–Kier alpha value is -1.02. The van der Waals surface area contributed by atoms with Crippen LogP contribution in [0.4, 0.5) is 0 Å². The van der Waals surface area contributed by atoms with E-state index in [9.17, 15) is 0 Å². The summed E-state index contributed by atoms with van der Waals surface area (Å²) in [4.78, 5) is 0. The minimum absolute atomic E-state index is 0.159. The molecule has 2 rings (SSSR count). The van der Waals surface area contributed by atoms with Gasteiger partial charge in [-0.05, 0) is 58.3 Å². The van der Waals surface area contributed by atoms with E-state index in [0.29, 0.717) is 0 Å². The van der Waals surface area contributed by atoms with E-state index in [1.54, 1.807) is 0 Å². The molecule has 0 saturated carbocycles. The Morgan fingerprint density at radius 3 is 2.65 bits per heavy atom. The Morgan fingerprint density at radius 1 is 1.47 bits per heavy atom. The van der Waals surface area contributed by atoms with Gasteiger partial charge in [-0.2, -0.15) is 0 Å². The quantitative estimate of drug-likeness (QED) is 0.677. The fourth-order valence-corrected chi connectivity index (χ4v) is 2.31. The smallest absolute Gasteiger partial charge is 0.122 e. The van der Waals surface area contributed by atoms with Gasteiger partial charge in [-0.25, -0.2) is 0 Å². The zero-order chi connectivity index (χ0) is 12.7. The van der Waals surface area contributed by atoms with E-state index < -0.39 is 0 Å². The van der Waals surface area contributed by atoms with Gasteiger partial charge in [0.25, 0.3) is 0 Å². The van der Waals surface area contributed by atoms with Crippen molar-refractivity contribution in [2.75, 3.05) is 0 Å². The number of hydrogen-bond donors (Lipinski definition) is 0. The summed E-state index contributed by atoms with van der Waals surface area (Å²) in [6.07, 6.45) is 8.27. The Bertz CT molecular complexity index is 390. The van der Waals surface area contributed by atoms with Crippen LogP contribution in [-0.4, -0.2) is 17.3 Å². The summed E-state index contributed by atoms with van der Waals surface area (Å²) >= 11 is 0. The molecule has 0 amide bonds. The van der Waals surface area contributed by atoms with E-state index in [1.807, 2.05) is 6.08 Å². The Morgan fingerprint density at radius 2 is 2.18 bits per heavy atom. The van der Waals surface area contributed by atoms with Crippen molar-refractivity contribution in [1.29, 1.82) is 0 Å². The molecule has 17 heavy (non-hydrogen) atoms. The van der Waals surface area contributed by atoms with E-state index in [1.165, 1.54) is 5.57 Å². The SMILES string of the molecule is C=C[C@]1(C)CC[C@@H](/C(C)=C2/C=CC(C)(C)O2)O1. The largest absolute Gasteiger partial charge is 0.484 e.